The normalized spacial score (nSPS) is 26.5. The van der Waals surface area contributed by atoms with Gasteiger partial charge < -0.3 is 9.80 Å². The molecule has 22 heavy (non-hydrogen) atoms. The Bertz CT molecular complexity index is 655. The maximum Gasteiger partial charge on any atom is 0.237 e. The van der Waals surface area contributed by atoms with Crippen LogP contribution in [0.3, 0.4) is 0 Å². The summed E-state index contributed by atoms with van der Waals surface area (Å²) < 4.78 is 22.9. The van der Waals surface area contributed by atoms with Crippen molar-refractivity contribution < 1.29 is 13.2 Å². The summed E-state index contributed by atoms with van der Waals surface area (Å²) in [5.74, 6) is 0.496. The van der Waals surface area contributed by atoms with Gasteiger partial charge in [-0.3, -0.25) is 4.79 Å². The van der Waals surface area contributed by atoms with Crippen LogP contribution in [-0.4, -0.2) is 60.1 Å². The topological polar surface area (TPSA) is 83.5 Å². The Morgan fingerprint density at radius 2 is 1.95 bits per heavy atom. The van der Waals surface area contributed by atoms with Gasteiger partial charge in [-0.1, -0.05) is 0 Å². The molecule has 0 aliphatic carbocycles. The third kappa shape index (κ3) is 3.17. The Morgan fingerprint density at radius 1 is 1.23 bits per heavy atom. The molecule has 3 heterocycles. The number of rotatable bonds is 3. The maximum absolute atomic E-state index is 12.1. The maximum atomic E-state index is 12.1. The predicted octanol–water partition coefficient (Wildman–Crippen LogP) is 0.615. The lowest BCUT2D eigenvalue weighted by molar-refractivity contribution is -0.129. The van der Waals surface area contributed by atoms with Crippen LogP contribution in [0.15, 0.2) is 18.5 Å². The van der Waals surface area contributed by atoms with Gasteiger partial charge >= 0.3 is 0 Å². The summed E-state index contributed by atoms with van der Waals surface area (Å²) in [5, 5.41) is -0.801. The van der Waals surface area contributed by atoms with E-state index in [4.69, 9.17) is 10.7 Å². The van der Waals surface area contributed by atoms with E-state index in [0.717, 1.165) is 19.4 Å². The fourth-order valence-corrected chi connectivity index (χ4v) is 4.12. The fourth-order valence-electron chi connectivity index (χ4n) is 3.08. The molecule has 0 spiro atoms. The molecule has 2 aliphatic rings. The van der Waals surface area contributed by atoms with E-state index in [-0.39, 0.29) is 24.9 Å². The van der Waals surface area contributed by atoms with Gasteiger partial charge in [0.1, 0.15) is 5.25 Å². The molecule has 7 nitrogen and oxygen atoms in total. The van der Waals surface area contributed by atoms with Crippen LogP contribution in [0.4, 0.5) is 5.95 Å². The molecular weight excluding hydrogens is 328 g/mol. The molecule has 0 bridgehead atoms. The molecular formula is C13H17ClN4O3S. The van der Waals surface area contributed by atoms with Crippen LogP contribution in [0.5, 0.6) is 0 Å². The van der Waals surface area contributed by atoms with E-state index in [9.17, 15) is 13.2 Å². The molecule has 0 saturated carbocycles. The summed E-state index contributed by atoms with van der Waals surface area (Å²) in [6.45, 7) is 1.63. The Morgan fingerprint density at radius 3 is 2.59 bits per heavy atom. The average Bonchev–Trinajstić information content (AvgIpc) is 2.90. The monoisotopic (exact) mass is 344 g/mol. The number of aromatic nitrogens is 2. The van der Waals surface area contributed by atoms with E-state index in [0.29, 0.717) is 12.5 Å². The van der Waals surface area contributed by atoms with Gasteiger partial charge in [-0.15, -0.1) is 0 Å². The minimum Gasteiger partial charge on any atom is -0.339 e. The second-order valence-corrected chi connectivity index (χ2v) is 8.55. The Kier molecular flexibility index (Phi) is 4.22. The van der Waals surface area contributed by atoms with Crippen LogP contribution < -0.4 is 4.90 Å². The number of hydrogen-bond acceptors (Lipinski definition) is 6. The number of anilines is 1. The zero-order valence-electron chi connectivity index (χ0n) is 11.9. The molecule has 2 fully saturated rings. The lowest BCUT2D eigenvalue weighted by Crippen LogP contribution is -2.49. The number of likely N-dealkylation sites (tertiary alicyclic amines) is 1. The number of nitrogens with zero attached hydrogens (tertiary/aromatic N) is 4. The number of carbonyl (C=O) groups excluding carboxylic acids is 1. The van der Waals surface area contributed by atoms with Crippen molar-refractivity contribution in [1.82, 2.24) is 14.9 Å². The van der Waals surface area contributed by atoms with E-state index in [2.05, 4.69) is 9.97 Å². The molecule has 0 radical (unpaired) electrons. The van der Waals surface area contributed by atoms with Gasteiger partial charge in [0.15, 0.2) is 0 Å². The van der Waals surface area contributed by atoms with Gasteiger partial charge in [0, 0.05) is 55.2 Å². The van der Waals surface area contributed by atoms with E-state index in [1.807, 2.05) is 4.90 Å². The highest BCUT2D eigenvalue weighted by molar-refractivity contribution is 8.14. The van der Waals surface area contributed by atoms with Crippen molar-refractivity contribution >= 4 is 31.6 Å². The van der Waals surface area contributed by atoms with Crippen molar-refractivity contribution in [2.24, 2.45) is 0 Å². The number of piperidine rings is 1. The minimum atomic E-state index is -3.70. The quantitative estimate of drug-likeness (QED) is 0.747. The first-order valence-electron chi connectivity index (χ1n) is 7.20. The van der Waals surface area contributed by atoms with E-state index < -0.39 is 14.3 Å². The van der Waals surface area contributed by atoms with Crippen molar-refractivity contribution in [3.8, 4) is 0 Å². The van der Waals surface area contributed by atoms with Gasteiger partial charge in [-0.05, 0) is 18.9 Å². The van der Waals surface area contributed by atoms with Crippen molar-refractivity contribution in [2.75, 3.05) is 24.5 Å². The van der Waals surface area contributed by atoms with Gasteiger partial charge in [0.2, 0.25) is 20.9 Å². The standard InChI is InChI=1S/C13H17ClN4O3S/c14-22(20,21)11-7-12(19)18(9-11)10-3-1-6-17(8-10)13-15-4-2-5-16-13/h2,4-5,10-11H,1,3,6-9H2. The smallest absolute Gasteiger partial charge is 0.237 e. The minimum absolute atomic E-state index is 0.0199. The highest BCUT2D eigenvalue weighted by Crippen LogP contribution is 2.27. The fraction of sp³-hybridized carbons (Fsp3) is 0.615. The highest BCUT2D eigenvalue weighted by atomic mass is 35.7. The molecule has 0 aromatic carbocycles. The van der Waals surface area contributed by atoms with Gasteiger partial charge in [-0.2, -0.15) is 0 Å². The molecule has 9 heteroatoms. The Hall–Kier alpha value is -1.41. The van der Waals surface area contributed by atoms with Crippen molar-refractivity contribution in [1.29, 1.82) is 0 Å². The third-order valence-corrected chi connectivity index (χ3v) is 6.06. The lowest BCUT2D eigenvalue weighted by Gasteiger charge is -2.37. The second-order valence-electron chi connectivity index (χ2n) is 5.64. The molecule has 1 amide bonds. The van der Waals surface area contributed by atoms with E-state index in [1.165, 1.54) is 0 Å². The zero-order chi connectivity index (χ0) is 15.7. The number of amides is 1. The summed E-state index contributed by atoms with van der Waals surface area (Å²) in [6.07, 6.45) is 5.10. The van der Waals surface area contributed by atoms with Crippen LogP contribution >= 0.6 is 10.7 Å². The summed E-state index contributed by atoms with van der Waals surface area (Å²) >= 11 is 0. The van der Waals surface area contributed by atoms with Crippen molar-refractivity contribution in [2.45, 2.75) is 30.6 Å². The predicted molar refractivity (Wildman–Crippen MR) is 82.2 cm³/mol. The second kappa shape index (κ2) is 6.00. The molecule has 2 saturated heterocycles. The first kappa shape index (κ1) is 15.5. The van der Waals surface area contributed by atoms with Crippen LogP contribution in [0.1, 0.15) is 19.3 Å². The number of halogens is 1. The molecule has 1 aromatic heterocycles. The first-order chi connectivity index (χ1) is 10.4. The SMILES string of the molecule is O=C1CC(S(=O)(=O)Cl)CN1C1CCCN(c2ncccn2)C1. The molecule has 2 unspecified atom stereocenters. The molecule has 0 N–H and O–H groups in total. The van der Waals surface area contributed by atoms with E-state index in [1.54, 1.807) is 23.4 Å². The molecule has 2 aliphatic heterocycles. The largest absolute Gasteiger partial charge is 0.339 e. The van der Waals surface area contributed by atoms with Gasteiger partial charge in [-0.25, -0.2) is 18.4 Å². The lowest BCUT2D eigenvalue weighted by atomic mass is 10.0. The Balaban J connectivity index is 1.71. The van der Waals surface area contributed by atoms with Crippen molar-refractivity contribution in [3.63, 3.8) is 0 Å². The van der Waals surface area contributed by atoms with Crippen LogP contribution in [0.2, 0.25) is 0 Å². The van der Waals surface area contributed by atoms with Crippen LogP contribution in [-0.2, 0) is 13.8 Å². The summed E-state index contributed by atoms with van der Waals surface area (Å²) in [6, 6.07) is 1.73. The van der Waals surface area contributed by atoms with Gasteiger partial charge in [0.05, 0.1) is 0 Å². The third-order valence-electron chi connectivity index (χ3n) is 4.19. The number of hydrogen-bond donors (Lipinski definition) is 0. The molecule has 1 aromatic rings. The molecule has 120 valence electrons. The van der Waals surface area contributed by atoms with E-state index >= 15 is 0 Å². The zero-order valence-corrected chi connectivity index (χ0v) is 13.5. The molecule has 3 rings (SSSR count). The van der Waals surface area contributed by atoms with Crippen LogP contribution in [0.25, 0.3) is 0 Å². The summed E-state index contributed by atoms with van der Waals surface area (Å²) in [4.78, 5) is 24.3. The van der Waals surface area contributed by atoms with Crippen molar-refractivity contribution in [3.05, 3.63) is 18.5 Å². The summed E-state index contributed by atoms with van der Waals surface area (Å²) in [7, 11) is 1.70. The highest BCUT2D eigenvalue weighted by Gasteiger charge is 2.41. The Labute approximate surface area is 133 Å². The summed E-state index contributed by atoms with van der Waals surface area (Å²) in [5.41, 5.74) is 0. The number of carbonyl (C=O) groups is 1. The van der Waals surface area contributed by atoms with Gasteiger partial charge in [0.25, 0.3) is 0 Å². The van der Waals surface area contributed by atoms with Crippen LogP contribution in [0, 0.1) is 0 Å². The molecule has 2 atom stereocenters. The average molecular weight is 345 g/mol. The first-order valence-corrected chi connectivity index (χ1v) is 9.57.